The Hall–Kier alpha value is -2.02. The zero-order chi connectivity index (χ0) is 14.3. The first-order chi connectivity index (χ1) is 8.93. The van der Waals surface area contributed by atoms with Gasteiger partial charge in [0.05, 0.1) is 11.5 Å². The molecule has 4 heteroatoms. The van der Waals surface area contributed by atoms with Gasteiger partial charge in [-0.25, -0.2) is 0 Å². The molecule has 1 amide bonds. The molecule has 0 radical (unpaired) electrons. The Morgan fingerprint density at radius 3 is 2.37 bits per heavy atom. The van der Waals surface area contributed by atoms with Gasteiger partial charge in [-0.2, -0.15) is 5.26 Å². The van der Waals surface area contributed by atoms with Crippen LogP contribution in [0.25, 0.3) is 0 Å². The van der Waals surface area contributed by atoms with Crippen molar-refractivity contribution in [1.29, 1.82) is 5.26 Å². The second-order valence-electron chi connectivity index (χ2n) is 5.28. The molecule has 0 fully saturated rings. The van der Waals surface area contributed by atoms with Crippen molar-refractivity contribution in [2.45, 2.75) is 33.6 Å². The topological polar surface area (TPSA) is 64.9 Å². The van der Waals surface area contributed by atoms with E-state index in [2.05, 4.69) is 16.7 Å². The average molecular weight is 259 g/mol. The van der Waals surface area contributed by atoms with Gasteiger partial charge >= 0.3 is 0 Å². The van der Waals surface area contributed by atoms with Crippen LogP contribution < -0.4 is 10.6 Å². The van der Waals surface area contributed by atoms with Gasteiger partial charge in [-0.05, 0) is 51.0 Å². The van der Waals surface area contributed by atoms with Crippen LogP contribution in [0.5, 0.6) is 0 Å². The van der Waals surface area contributed by atoms with Gasteiger partial charge in [0.15, 0.2) is 0 Å². The Morgan fingerprint density at radius 1 is 1.26 bits per heavy atom. The molecule has 0 aromatic heterocycles. The summed E-state index contributed by atoms with van der Waals surface area (Å²) in [5.41, 5.74) is 1.56. The lowest BCUT2D eigenvalue weighted by atomic mass is 9.90. The van der Waals surface area contributed by atoms with Crippen LogP contribution in [0.15, 0.2) is 24.3 Å². The number of benzene rings is 1. The number of hydrogen-bond acceptors (Lipinski definition) is 3. The predicted octanol–water partition coefficient (Wildman–Crippen LogP) is 3.39. The second kappa shape index (κ2) is 6.79. The first-order valence-electron chi connectivity index (χ1n) is 6.46. The van der Waals surface area contributed by atoms with Crippen LogP contribution in [0.1, 0.15) is 33.6 Å². The predicted molar refractivity (Wildman–Crippen MR) is 77.9 cm³/mol. The van der Waals surface area contributed by atoms with Crippen LogP contribution in [0, 0.1) is 16.7 Å². The average Bonchev–Trinajstić information content (AvgIpc) is 2.36. The van der Waals surface area contributed by atoms with Crippen LogP contribution in [-0.4, -0.2) is 12.5 Å². The van der Waals surface area contributed by atoms with E-state index >= 15 is 0 Å². The molecule has 1 aromatic carbocycles. The van der Waals surface area contributed by atoms with E-state index in [1.807, 2.05) is 38.1 Å². The number of hydrogen-bond donors (Lipinski definition) is 2. The molecule has 102 valence electrons. The standard InChI is InChI=1S/C15H21N3O/c1-12(19)18-14-7-5-13(6-8-14)17-10-4-9-15(2,3)11-16/h5-8,17H,4,9-10H2,1-3H3,(H,18,19). The second-order valence-corrected chi connectivity index (χ2v) is 5.28. The molecule has 0 heterocycles. The maximum Gasteiger partial charge on any atom is 0.221 e. The lowest BCUT2D eigenvalue weighted by molar-refractivity contribution is -0.114. The molecule has 0 saturated carbocycles. The Kier molecular flexibility index (Phi) is 5.37. The van der Waals surface area contributed by atoms with Gasteiger partial charge in [0.2, 0.25) is 5.91 Å². The smallest absolute Gasteiger partial charge is 0.221 e. The quantitative estimate of drug-likeness (QED) is 0.770. The van der Waals surface area contributed by atoms with Gasteiger partial charge < -0.3 is 10.6 Å². The Bertz CT molecular complexity index is 457. The number of carbonyl (C=O) groups excluding carboxylic acids is 1. The molecule has 2 N–H and O–H groups in total. The highest BCUT2D eigenvalue weighted by molar-refractivity contribution is 5.88. The Labute approximate surface area is 114 Å². The van der Waals surface area contributed by atoms with Gasteiger partial charge in [-0.15, -0.1) is 0 Å². The van der Waals surface area contributed by atoms with Crippen molar-refractivity contribution in [3.05, 3.63) is 24.3 Å². The lowest BCUT2D eigenvalue weighted by Crippen LogP contribution is -2.11. The van der Waals surface area contributed by atoms with E-state index < -0.39 is 0 Å². The molecule has 19 heavy (non-hydrogen) atoms. The fraction of sp³-hybridized carbons (Fsp3) is 0.467. The largest absolute Gasteiger partial charge is 0.385 e. The summed E-state index contributed by atoms with van der Waals surface area (Å²) in [5, 5.41) is 14.9. The fourth-order valence-electron chi connectivity index (χ4n) is 1.69. The minimum absolute atomic E-state index is 0.0700. The third kappa shape index (κ3) is 5.91. The number of nitrogens with one attached hydrogen (secondary N) is 2. The summed E-state index contributed by atoms with van der Waals surface area (Å²) in [5.74, 6) is -0.0700. The number of rotatable bonds is 6. The van der Waals surface area contributed by atoms with Crippen molar-refractivity contribution in [3.8, 4) is 6.07 Å². The third-order valence-corrected chi connectivity index (χ3v) is 2.82. The number of nitrogens with zero attached hydrogens (tertiary/aromatic N) is 1. The van der Waals surface area contributed by atoms with Gasteiger partial charge in [0.25, 0.3) is 0 Å². The van der Waals surface area contributed by atoms with Crippen LogP contribution in [0.2, 0.25) is 0 Å². The van der Waals surface area contributed by atoms with Crippen molar-refractivity contribution in [2.24, 2.45) is 5.41 Å². The minimum atomic E-state index is -0.253. The molecule has 0 saturated heterocycles. The highest BCUT2D eigenvalue weighted by Gasteiger charge is 2.15. The van der Waals surface area contributed by atoms with Crippen molar-refractivity contribution >= 4 is 17.3 Å². The molecular formula is C15H21N3O. The van der Waals surface area contributed by atoms with E-state index in [0.717, 1.165) is 30.8 Å². The van der Waals surface area contributed by atoms with E-state index in [1.54, 1.807) is 0 Å². The summed E-state index contributed by atoms with van der Waals surface area (Å²) in [6.07, 6.45) is 1.83. The van der Waals surface area contributed by atoms with Gasteiger partial charge in [-0.3, -0.25) is 4.79 Å². The molecule has 0 aliphatic heterocycles. The fourth-order valence-corrected chi connectivity index (χ4v) is 1.69. The minimum Gasteiger partial charge on any atom is -0.385 e. The number of nitriles is 1. The van der Waals surface area contributed by atoms with Crippen molar-refractivity contribution in [3.63, 3.8) is 0 Å². The third-order valence-electron chi connectivity index (χ3n) is 2.82. The molecule has 0 spiro atoms. The maximum atomic E-state index is 10.9. The number of carbonyl (C=O) groups is 1. The SMILES string of the molecule is CC(=O)Nc1ccc(NCCCC(C)(C)C#N)cc1. The Morgan fingerprint density at radius 2 is 1.84 bits per heavy atom. The van der Waals surface area contributed by atoms with Crippen LogP contribution >= 0.6 is 0 Å². The monoisotopic (exact) mass is 259 g/mol. The van der Waals surface area contributed by atoms with E-state index in [1.165, 1.54) is 6.92 Å². The van der Waals surface area contributed by atoms with E-state index in [-0.39, 0.29) is 11.3 Å². The number of amides is 1. The Balaban J connectivity index is 2.35. The normalized spacial score (nSPS) is 10.6. The molecule has 0 bridgehead atoms. The molecule has 0 aliphatic carbocycles. The molecule has 4 nitrogen and oxygen atoms in total. The summed E-state index contributed by atoms with van der Waals surface area (Å²) >= 11 is 0. The summed E-state index contributed by atoms with van der Waals surface area (Å²) in [7, 11) is 0. The summed E-state index contributed by atoms with van der Waals surface area (Å²) in [4.78, 5) is 10.9. The highest BCUT2D eigenvalue weighted by Crippen LogP contribution is 2.20. The molecule has 0 atom stereocenters. The molecule has 1 aromatic rings. The van der Waals surface area contributed by atoms with E-state index in [4.69, 9.17) is 5.26 Å². The maximum absolute atomic E-state index is 10.9. The summed E-state index contributed by atoms with van der Waals surface area (Å²) in [6, 6.07) is 9.89. The zero-order valence-corrected chi connectivity index (χ0v) is 11.8. The van der Waals surface area contributed by atoms with E-state index in [0.29, 0.717) is 0 Å². The van der Waals surface area contributed by atoms with E-state index in [9.17, 15) is 4.79 Å². The highest BCUT2D eigenvalue weighted by atomic mass is 16.1. The molecule has 0 unspecified atom stereocenters. The summed E-state index contributed by atoms with van der Waals surface area (Å²) < 4.78 is 0. The number of anilines is 2. The van der Waals surface area contributed by atoms with Gasteiger partial charge in [-0.1, -0.05) is 0 Å². The molecule has 0 aliphatic rings. The lowest BCUT2D eigenvalue weighted by Gasteiger charge is -2.15. The zero-order valence-electron chi connectivity index (χ0n) is 11.8. The summed E-state index contributed by atoms with van der Waals surface area (Å²) in [6.45, 7) is 6.23. The molecular weight excluding hydrogens is 238 g/mol. The first-order valence-corrected chi connectivity index (χ1v) is 6.46. The van der Waals surface area contributed by atoms with Crippen LogP contribution in [0.4, 0.5) is 11.4 Å². The van der Waals surface area contributed by atoms with Crippen molar-refractivity contribution in [1.82, 2.24) is 0 Å². The molecule has 1 rings (SSSR count). The first kappa shape index (κ1) is 15.0. The van der Waals surface area contributed by atoms with Crippen LogP contribution in [-0.2, 0) is 4.79 Å². The van der Waals surface area contributed by atoms with Crippen molar-refractivity contribution in [2.75, 3.05) is 17.2 Å². The van der Waals surface area contributed by atoms with Crippen LogP contribution in [0.3, 0.4) is 0 Å². The van der Waals surface area contributed by atoms with Gasteiger partial charge in [0, 0.05) is 24.8 Å². The van der Waals surface area contributed by atoms with Gasteiger partial charge in [0.1, 0.15) is 0 Å². The van der Waals surface area contributed by atoms with Crippen molar-refractivity contribution < 1.29 is 4.79 Å².